The molecule has 57 heavy (non-hydrogen) atoms. The van der Waals surface area contributed by atoms with Gasteiger partial charge in [0.1, 0.15) is 0 Å². The standard InChI is InChI=1S/C52H70BO3P/c1-31-21-32(2)29-45(28-31)57(51(15,16)17,52(18,19)20,49-41(11)26-35(5)27-42(49)12)50-43(13)30-40(10)48(44(50)14)56-53(54-46-36(6)22-33(3)23-37(46)7)55-47-38(8)24-34(4)25-39(47)9/h21-30H,1-20H3. The third-order valence-corrected chi connectivity index (χ3v) is 22.5. The minimum atomic E-state index is -3.67. The van der Waals surface area contributed by atoms with Crippen molar-refractivity contribution in [2.75, 3.05) is 0 Å². The van der Waals surface area contributed by atoms with Crippen LogP contribution in [0.3, 0.4) is 0 Å². The first-order valence-corrected chi connectivity index (χ1v) is 22.9. The van der Waals surface area contributed by atoms with Crippen molar-refractivity contribution >= 4 is 29.8 Å². The summed E-state index contributed by atoms with van der Waals surface area (Å²) >= 11 is 0. The average molecular weight is 785 g/mol. The molecule has 5 aromatic rings. The second-order valence-corrected chi connectivity index (χ2v) is 25.8. The maximum atomic E-state index is 7.30. The molecule has 5 rings (SSSR count). The van der Waals surface area contributed by atoms with E-state index < -0.39 is 13.9 Å². The van der Waals surface area contributed by atoms with Crippen molar-refractivity contribution in [3.05, 3.63) is 139 Å². The van der Waals surface area contributed by atoms with E-state index in [1.54, 1.807) is 0 Å². The third-order valence-electron chi connectivity index (χ3n) is 12.6. The van der Waals surface area contributed by atoms with E-state index >= 15 is 0 Å². The summed E-state index contributed by atoms with van der Waals surface area (Å²) in [4.78, 5) is 0. The Morgan fingerprint density at radius 3 is 1.02 bits per heavy atom. The van der Waals surface area contributed by atoms with Crippen molar-refractivity contribution in [3.63, 3.8) is 0 Å². The zero-order valence-corrected chi connectivity index (χ0v) is 39.9. The van der Waals surface area contributed by atoms with Gasteiger partial charge in [-0.15, -0.1) is 0 Å². The van der Waals surface area contributed by atoms with E-state index in [9.17, 15) is 0 Å². The van der Waals surface area contributed by atoms with E-state index in [0.717, 1.165) is 50.6 Å². The Morgan fingerprint density at radius 2 is 0.649 bits per heavy atom. The first kappa shape index (κ1) is 44.1. The van der Waals surface area contributed by atoms with E-state index in [-0.39, 0.29) is 10.3 Å². The van der Waals surface area contributed by atoms with Gasteiger partial charge in [-0.1, -0.05) is 0 Å². The van der Waals surface area contributed by atoms with Crippen LogP contribution in [-0.4, -0.2) is 17.6 Å². The van der Waals surface area contributed by atoms with Crippen molar-refractivity contribution in [2.24, 2.45) is 0 Å². The summed E-state index contributed by atoms with van der Waals surface area (Å²) in [5, 5.41) is 3.82. The molecule has 0 heterocycles. The molecular weight excluding hydrogens is 714 g/mol. The van der Waals surface area contributed by atoms with Gasteiger partial charge in [0.25, 0.3) is 0 Å². The molecule has 304 valence electrons. The zero-order chi connectivity index (χ0) is 42.8. The Morgan fingerprint density at radius 1 is 0.351 bits per heavy atom. The molecular formula is C52H70BO3P. The number of hydrogen-bond acceptors (Lipinski definition) is 3. The van der Waals surface area contributed by atoms with E-state index in [0.29, 0.717) is 0 Å². The van der Waals surface area contributed by atoms with Gasteiger partial charge < -0.3 is 0 Å². The molecule has 0 radical (unpaired) electrons. The third kappa shape index (κ3) is 7.03. The Hall–Kier alpha value is -4.01. The monoisotopic (exact) mass is 785 g/mol. The molecule has 5 heteroatoms. The quantitative estimate of drug-likeness (QED) is 0.110. The molecule has 0 saturated carbocycles. The minimum absolute atomic E-state index is 0.241. The predicted octanol–water partition coefficient (Wildman–Crippen LogP) is 13.0. The van der Waals surface area contributed by atoms with Crippen LogP contribution >= 0.6 is 6.60 Å². The number of aryl methyl sites for hydroxylation is 13. The van der Waals surface area contributed by atoms with E-state index in [1.807, 2.05) is 0 Å². The van der Waals surface area contributed by atoms with Crippen LogP contribution in [-0.2, 0) is 0 Å². The number of rotatable bonds is 9. The summed E-state index contributed by atoms with van der Waals surface area (Å²) in [6.07, 6.45) is 0. The van der Waals surface area contributed by atoms with Gasteiger partial charge >= 0.3 is 348 Å². The van der Waals surface area contributed by atoms with Crippen LogP contribution in [0.5, 0.6) is 17.2 Å². The molecule has 0 aromatic heterocycles. The van der Waals surface area contributed by atoms with Crippen molar-refractivity contribution in [3.8, 4) is 17.2 Å². The van der Waals surface area contributed by atoms with E-state index in [2.05, 4.69) is 199 Å². The average Bonchev–Trinajstić information content (AvgIpc) is 3.02. The normalized spacial score (nSPS) is 12.9. The van der Waals surface area contributed by atoms with Crippen LogP contribution in [0.25, 0.3) is 0 Å². The summed E-state index contributed by atoms with van der Waals surface area (Å²) in [7, 11) is -1.06. The first-order valence-electron chi connectivity index (χ1n) is 20.7. The topological polar surface area (TPSA) is 27.7 Å². The molecule has 0 N–H and O–H groups in total. The van der Waals surface area contributed by atoms with Crippen molar-refractivity contribution in [1.29, 1.82) is 0 Å². The first-order chi connectivity index (χ1) is 26.3. The second kappa shape index (κ2) is 15.3. The molecule has 0 amide bonds. The van der Waals surface area contributed by atoms with Gasteiger partial charge in [0.2, 0.25) is 0 Å². The fourth-order valence-corrected chi connectivity index (χ4v) is 22.7. The maximum absolute atomic E-state index is 7.30. The molecule has 0 unspecified atom stereocenters. The second-order valence-electron chi connectivity index (χ2n) is 19.5. The van der Waals surface area contributed by atoms with Crippen molar-refractivity contribution in [1.82, 2.24) is 0 Å². The van der Waals surface area contributed by atoms with Crippen LogP contribution in [0.15, 0.2) is 60.7 Å². The van der Waals surface area contributed by atoms with Gasteiger partial charge in [-0.2, -0.15) is 0 Å². The SMILES string of the molecule is Cc1cc(C)cc(P(c2c(C)cc(C)cc2C)(c2c(C)cc(C)c(OB(Oc3c(C)cc(C)cc3C)Oc3c(C)cc(C)cc3C)c2C)(C(C)(C)C)C(C)(C)C)c1. The van der Waals surface area contributed by atoms with Gasteiger partial charge in [0, 0.05) is 0 Å². The van der Waals surface area contributed by atoms with Crippen LogP contribution in [0.4, 0.5) is 0 Å². The van der Waals surface area contributed by atoms with E-state index in [1.165, 1.54) is 60.4 Å². The summed E-state index contributed by atoms with van der Waals surface area (Å²) in [5.41, 5.74) is 16.6. The summed E-state index contributed by atoms with van der Waals surface area (Å²) in [5.74, 6) is 2.36. The van der Waals surface area contributed by atoms with Gasteiger partial charge in [0.05, 0.1) is 0 Å². The molecule has 0 saturated heterocycles. The van der Waals surface area contributed by atoms with Crippen LogP contribution < -0.4 is 29.9 Å². The molecule has 5 aromatic carbocycles. The molecule has 0 atom stereocenters. The van der Waals surface area contributed by atoms with Gasteiger partial charge in [-0.25, -0.2) is 0 Å². The van der Waals surface area contributed by atoms with Crippen LogP contribution in [0.2, 0.25) is 0 Å². The summed E-state index contributed by atoms with van der Waals surface area (Å²) in [6.45, 7) is 42.3. The molecule has 0 aliphatic heterocycles. The van der Waals surface area contributed by atoms with Crippen molar-refractivity contribution < 1.29 is 14.0 Å². The zero-order valence-electron chi connectivity index (χ0n) is 39.0. The predicted molar refractivity (Wildman–Crippen MR) is 251 cm³/mol. The van der Waals surface area contributed by atoms with Gasteiger partial charge in [-0.3, -0.25) is 0 Å². The summed E-state index contributed by atoms with van der Waals surface area (Å²) < 4.78 is 21.1. The molecule has 0 aliphatic carbocycles. The number of benzene rings is 5. The Labute approximate surface area is 347 Å². The van der Waals surface area contributed by atoms with Gasteiger partial charge in [-0.05, 0) is 0 Å². The van der Waals surface area contributed by atoms with Gasteiger partial charge in [0.15, 0.2) is 0 Å². The molecule has 3 nitrogen and oxygen atoms in total. The molecule has 0 aliphatic rings. The Bertz CT molecular complexity index is 2210. The fraction of sp³-hybridized carbons (Fsp3) is 0.423. The fourth-order valence-electron chi connectivity index (χ4n) is 11.7. The van der Waals surface area contributed by atoms with E-state index in [4.69, 9.17) is 14.0 Å². The molecule has 0 spiro atoms. The molecule has 0 bridgehead atoms. The van der Waals surface area contributed by atoms with Crippen LogP contribution in [0.1, 0.15) is 119 Å². The van der Waals surface area contributed by atoms with Crippen LogP contribution in [0, 0.1) is 96.9 Å². The Balaban J connectivity index is 1.98. The number of hydrogen-bond donors (Lipinski definition) is 0. The molecule has 0 fully saturated rings. The Kier molecular flexibility index (Phi) is 11.8. The summed E-state index contributed by atoms with van der Waals surface area (Å²) in [6, 6.07) is 23.2. The van der Waals surface area contributed by atoms with Crippen molar-refractivity contribution in [2.45, 2.75) is 149 Å².